The second-order valence-corrected chi connectivity index (χ2v) is 5.86. The topological polar surface area (TPSA) is 105 Å². The Morgan fingerprint density at radius 2 is 2.15 bits per heavy atom. The summed E-state index contributed by atoms with van der Waals surface area (Å²) in [6, 6.07) is 8.60. The quantitative estimate of drug-likeness (QED) is 0.405. The lowest BCUT2D eigenvalue weighted by Gasteiger charge is -2.12. The van der Waals surface area contributed by atoms with E-state index >= 15 is 0 Å². The number of hydrogen-bond donors (Lipinski definition) is 1. The SMILES string of the molecule is COc1cc(Nc2ccc(OCCOC3CCOC3)cc2)c([N+](=O)[O-])cn1. The molecule has 2 heterocycles. The molecule has 0 amide bonds. The molecule has 1 aliphatic heterocycles. The van der Waals surface area contributed by atoms with Gasteiger partial charge < -0.3 is 24.3 Å². The van der Waals surface area contributed by atoms with Crippen molar-refractivity contribution in [3.8, 4) is 11.6 Å². The largest absolute Gasteiger partial charge is 0.491 e. The zero-order valence-corrected chi connectivity index (χ0v) is 14.9. The molecule has 3 rings (SSSR count). The first-order chi connectivity index (χ1) is 13.2. The maximum Gasteiger partial charge on any atom is 0.311 e. The van der Waals surface area contributed by atoms with Crippen LogP contribution in [0.25, 0.3) is 0 Å². The Labute approximate surface area is 156 Å². The molecule has 0 aliphatic carbocycles. The lowest BCUT2D eigenvalue weighted by atomic mass is 10.2. The fraction of sp³-hybridized carbons (Fsp3) is 0.389. The van der Waals surface area contributed by atoms with Crippen molar-refractivity contribution in [1.29, 1.82) is 0 Å². The van der Waals surface area contributed by atoms with Crippen molar-refractivity contribution in [1.82, 2.24) is 4.98 Å². The van der Waals surface area contributed by atoms with E-state index in [2.05, 4.69) is 10.3 Å². The van der Waals surface area contributed by atoms with Crippen molar-refractivity contribution in [2.75, 3.05) is 38.9 Å². The van der Waals surface area contributed by atoms with Gasteiger partial charge in [-0.15, -0.1) is 0 Å². The number of ether oxygens (including phenoxy) is 4. The van der Waals surface area contributed by atoms with Gasteiger partial charge in [-0.3, -0.25) is 10.1 Å². The number of methoxy groups -OCH3 is 1. The monoisotopic (exact) mass is 375 g/mol. The van der Waals surface area contributed by atoms with Crippen LogP contribution in [-0.4, -0.2) is 49.5 Å². The molecule has 1 aromatic carbocycles. The first-order valence-corrected chi connectivity index (χ1v) is 8.53. The fourth-order valence-electron chi connectivity index (χ4n) is 2.59. The molecule has 0 saturated carbocycles. The van der Waals surface area contributed by atoms with Crippen LogP contribution in [0.4, 0.5) is 17.1 Å². The van der Waals surface area contributed by atoms with Crippen LogP contribution in [0.1, 0.15) is 6.42 Å². The van der Waals surface area contributed by atoms with Crippen molar-refractivity contribution >= 4 is 17.1 Å². The minimum Gasteiger partial charge on any atom is -0.491 e. The summed E-state index contributed by atoms with van der Waals surface area (Å²) in [5, 5.41) is 14.2. The van der Waals surface area contributed by atoms with E-state index in [1.54, 1.807) is 24.3 Å². The van der Waals surface area contributed by atoms with Crippen molar-refractivity contribution in [3.63, 3.8) is 0 Å². The van der Waals surface area contributed by atoms with Crippen LogP contribution in [0.15, 0.2) is 36.5 Å². The molecule has 27 heavy (non-hydrogen) atoms. The van der Waals surface area contributed by atoms with Gasteiger partial charge in [-0.05, 0) is 30.7 Å². The van der Waals surface area contributed by atoms with E-state index < -0.39 is 4.92 Å². The Kier molecular flexibility index (Phi) is 6.39. The van der Waals surface area contributed by atoms with Gasteiger partial charge in [-0.2, -0.15) is 0 Å². The van der Waals surface area contributed by atoms with E-state index in [0.717, 1.165) is 19.2 Å². The minimum absolute atomic E-state index is 0.135. The molecule has 0 radical (unpaired) electrons. The van der Waals surface area contributed by atoms with E-state index in [9.17, 15) is 10.1 Å². The molecule has 0 bridgehead atoms. The summed E-state index contributed by atoms with van der Waals surface area (Å²) in [5.74, 6) is 0.976. The summed E-state index contributed by atoms with van der Waals surface area (Å²) in [7, 11) is 1.45. The summed E-state index contributed by atoms with van der Waals surface area (Å²) < 4.78 is 21.5. The lowest BCUT2D eigenvalue weighted by Crippen LogP contribution is -2.16. The highest BCUT2D eigenvalue weighted by Crippen LogP contribution is 2.30. The minimum atomic E-state index is -0.498. The molecular formula is C18H21N3O6. The Morgan fingerprint density at radius 1 is 1.33 bits per heavy atom. The van der Waals surface area contributed by atoms with Crippen LogP contribution in [0.3, 0.4) is 0 Å². The number of benzene rings is 1. The third-order valence-electron chi connectivity index (χ3n) is 3.99. The van der Waals surface area contributed by atoms with Crippen molar-refractivity contribution in [2.24, 2.45) is 0 Å². The Morgan fingerprint density at radius 3 is 2.81 bits per heavy atom. The molecule has 0 spiro atoms. The Bertz CT molecular complexity index is 762. The van der Waals surface area contributed by atoms with Gasteiger partial charge in [0.05, 0.1) is 31.4 Å². The van der Waals surface area contributed by atoms with Crippen molar-refractivity contribution in [3.05, 3.63) is 46.6 Å². The molecule has 1 N–H and O–H groups in total. The average Bonchev–Trinajstić information content (AvgIpc) is 3.19. The second-order valence-electron chi connectivity index (χ2n) is 5.86. The zero-order valence-electron chi connectivity index (χ0n) is 14.9. The predicted octanol–water partition coefficient (Wildman–Crippen LogP) is 2.93. The number of pyridine rings is 1. The van der Waals surface area contributed by atoms with E-state index in [0.29, 0.717) is 36.9 Å². The van der Waals surface area contributed by atoms with Gasteiger partial charge in [0.25, 0.3) is 0 Å². The number of nitrogens with zero attached hydrogens (tertiary/aromatic N) is 2. The summed E-state index contributed by atoms with van der Waals surface area (Å²) >= 11 is 0. The molecule has 1 aromatic heterocycles. The number of anilines is 2. The molecule has 1 atom stereocenters. The first kappa shape index (κ1) is 18.9. The van der Waals surface area contributed by atoms with E-state index in [-0.39, 0.29) is 17.7 Å². The van der Waals surface area contributed by atoms with Crippen LogP contribution in [0.2, 0.25) is 0 Å². The number of hydrogen-bond acceptors (Lipinski definition) is 8. The molecule has 1 aliphatic rings. The molecule has 144 valence electrons. The van der Waals surface area contributed by atoms with Crippen molar-refractivity contribution < 1.29 is 23.9 Å². The van der Waals surface area contributed by atoms with Gasteiger partial charge in [0.2, 0.25) is 5.88 Å². The van der Waals surface area contributed by atoms with Gasteiger partial charge in [-0.1, -0.05) is 0 Å². The first-order valence-electron chi connectivity index (χ1n) is 8.53. The van der Waals surface area contributed by atoms with Gasteiger partial charge in [0.1, 0.15) is 24.2 Å². The Hall–Kier alpha value is -2.91. The summed E-state index contributed by atoms with van der Waals surface area (Å²) in [6.45, 7) is 2.33. The molecule has 1 fully saturated rings. The van der Waals surface area contributed by atoms with Gasteiger partial charge >= 0.3 is 5.69 Å². The highest BCUT2D eigenvalue weighted by Gasteiger charge is 2.17. The smallest absolute Gasteiger partial charge is 0.311 e. The second kappa shape index (κ2) is 9.15. The van der Waals surface area contributed by atoms with Crippen LogP contribution >= 0.6 is 0 Å². The highest BCUT2D eigenvalue weighted by molar-refractivity contribution is 5.70. The predicted molar refractivity (Wildman–Crippen MR) is 97.8 cm³/mol. The van der Waals surface area contributed by atoms with E-state index in [4.69, 9.17) is 18.9 Å². The number of nitro groups is 1. The number of aromatic nitrogens is 1. The van der Waals surface area contributed by atoms with Crippen LogP contribution in [-0.2, 0) is 9.47 Å². The average molecular weight is 375 g/mol. The van der Waals surface area contributed by atoms with Gasteiger partial charge in [-0.25, -0.2) is 4.98 Å². The standard InChI is InChI=1S/C18H21N3O6/c1-24-18-10-16(17(11-19-18)21(22)23)20-13-2-4-14(5-3-13)26-8-9-27-15-6-7-25-12-15/h2-5,10-11,15H,6-9,12H2,1H3,(H,19,20). The van der Waals surface area contributed by atoms with Crippen LogP contribution in [0.5, 0.6) is 11.6 Å². The number of rotatable bonds is 9. The van der Waals surface area contributed by atoms with Crippen LogP contribution in [0, 0.1) is 10.1 Å². The summed E-state index contributed by atoms with van der Waals surface area (Å²) in [4.78, 5) is 14.5. The molecule has 1 saturated heterocycles. The van der Waals surface area contributed by atoms with Gasteiger partial charge in [0.15, 0.2) is 0 Å². The fourth-order valence-corrected chi connectivity index (χ4v) is 2.59. The van der Waals surface area contributed by atoms with Crippen molar-refractivity contribution in [2.45, 2.75) is 12.5 Å². The summed E-state index contributed by atoms with van der Waals surface area (Å²) in [5.41, 5.74) is 0.843. The molecule has 9 heteroatoms. The summed E-state index contributed by atoms with van der Waals surface area (Å²) in [6.07, 6.45) is 2.24. The van der Waals surface area contributed by atoms with E-state index in [1.165, 1.54) is 13.2 Å². The maximum absolute atomic E-state index is 11.2. The van der Waals surface area contributed by atoms with Gasteiger partial charge in [0, 0.05) is 18.4 Å². The maximum atomic E-state index is 11.2. The zero-order chi connectivity index (χ0) is 19.1. The Balaban J connectivity index is 1.55. The molecule has 1 unspecified atom stereocenters. The lowest BCUT2D eigenvalue weighted by molar-refractivity contribution is -0.384. The molecule has 9 nitrogen and oxygen atoms in total. The van der Waals surface area contributed by atoms with Crippen LogP contribution < -0.4 is 14.8 Å². The third-order valence-corrected chi connectivity index (χ3v) is 3.99. The molecule has 2 aromatic rings. The normalized spacial score (nSPS) is 16.1. The van der Waals surface area contributed by atoms with E-state index in [1.807, 2.05) is 0 Å². The molecular weight excluding hydrogens is 354 g/mol. The highest BCUT2D eigenvalue weighted by atomic mass is 16.6. The number of nitrogens with one attached hydrogen (secondary N) is 1. The third kappa shape index (κ3) is 5.28.